The Bertz CT molecular complexity index is 2250. The first-order valence-electron chi connectivity index (χ1n) is 23.6. The Balaban J connectivity index is 0. The van der Waals surface area contributed by atoms with Crippen LogP contribution in [0.5, 0.6) is 11.5 Å². The molecule has 0 heterocycles. The predicted molar refractivity (Wildman–Crippen MR) is 282 cm³/mol. The number of azo groups is 3. The summed E-state index contributed by atoms with van der Waals surface area (Å²) in [6.45, 7) is 24.7. The molecule has 0 aliphatic heterocycles. The number of anilines is 1. The van der Waals surface area contributed by atoms with Crippen molar-refractivity contribution >= 4 is 51.7 Å². The minimum atomic E-state index is -1.30. The van der Waals surface area contributed by atoms with E-state index in [1.165, 1.54) is 39.3 Å². The number of nitrogens with one attached hydrogen (secondary N) is 1. The number of hydrogen-bond donors (Lipinski definition) is 1. The largest absolute Gasteiger partial charge is 0.496 e. The Morgan fingerprint density at radius 1 is 0.571 bits per heavy atom. The summed E-state index contributed by atoms with van der Waals surface area (Å²) in [5.41, 5.74) is 3.50. The van der Waals surface area contributed by atoms with Crippen molar-refractivity contribution < 1.29 is 33.6 Å². The number of carbonyl (C=O) groups excluding carboxylic acids is 4. The molecule has 0 spiro atoms. The number of hydrogen-bond acceptors (Lipinski definition) is 14. The Hall–Kier alpha value is -7.62. The van der Waals surface area contributed by atoms with E-state index in [1.807, 2.05) is 142 Å². The van der Waals surface area contributed by atoms with Gasteiger partial charge < -0.3 is 14.8 Å². The van der Waals surface area contributed by atoms with Gasteiger partial charge in [-0.05, 0) is 74.9 Å². The van der Waals surface area contributed by atoms with Crippen LogP contribution in [0.1, 0.15) is 101 Å². The van der Waals surface area contributed by atoms with Gasteiger partial charge in [0.15, 0.2) is 29.1 Å². The zero-order valence-electron chi connectivity index (χ0n) is 43.7. The van der Waals surface area contributed by atoms with Crippen LogP contribution in [0.25, 0.3) is 0 Å². The maximum Gasteiger partial charge on any atom is 0.273 e. The van der Waals surface area contributed by atoms with Crippen molar-refractivity contribution in [3.05, 3.63) is 149 Å². The molecule has 3 unspecified atom stereocenters. The fourth-order valence-electron chi connectivity index (χ4n) is 5.20. The highest BCUT2D eigenvalue weighted by Crippen LogP contribution is 2.32. The second-order valence-corrected chi connectivity index (χ2v) is 13.1. The van der Waals surface area contributed by atoms with Gasteiger partial charge in [0.05, 0.1) is 36.6 Å². The molecule has 0 radical (unpaired) electrons. The monoisotopic (exact) mass is 963 g/mol. The third-order valence-electron chi connectivity index (χ3n) is 8.55. The van der Waals surface area contributed by atoms with E-state index >= 15 is 0 Å². The van der Waals surface area contributed by atoms with Crippen LogP contribution >= 0.6 is 0 Å². The van der Waals surface area contributed by atoms with E-state index in [9.17, 15) is 29.3 Å². The van der Waals surface area contributed by atoms with Gasteiger partial charge in [-0.25, -0.2) is 0 Å². The number of benzene rings is 5. The van der Waals surface area contributed by atoms with E-state index in [0.717, 1.165) is 5.56 Å². The second kappa shape index (κ2) is 39.4. The van der Waals surface area contributed by atoms with Crippen molar-refractivity contribution in [1.29, 1.82) is 0 Å². The topological polar surface area (TPSA) is 216 Å². The van der Waals surface area contributed by atoms with Gasteiger partial charge in [0.1, 0.15) is 23.5 Å². The summed E-state index contributed by atoms with van der Waals surface area (Å²) in [6.07, 6.45) is 0.190. The fourth-order valence-corrected chi connectivity index (χ4v) is 5.20. The SMILES string of the molecule is CC.CC.CC.CC.CC.CC(N=Nc1ccccc1)C(=O)Cc1ccc(NC(=O)C(C)N=Nc2ccccc2)cc1.COc1ccccc1CC(=O)C(N=Nc1ccc([N+](=O)[O-])cc1OC)C(C)=O. The summed E-state index contributed by atoms with van der Waals surface area (Å²) in [7, 11) is 2.82. The number of nitrogens with zero attached hydrogens (tertiary/aromatic N) is 7. The number of ether oxygens (including phenoxy) is 2. The summed E-state index contributed by atoms with van der Waals surface area (Å²) in [5.74, 6) is -0.560. The number of Topliss-reactive ketones (excluding diaryl/α,β-unsaturated/α-hetero) is 3. The van der Waals surface area contributed by atoms with Gasteiger partial charge in [0, 0.05) is 30.2 Å². The van der Waals surface area contributed by atoms with Gasteiger partial charge in [-0.3, -0.25) is 29.3 Å². The average Bonchev–Trinajstić information content (AvgIpc) is 3.41. The Morgan fingerprint density at radius 3 is 1.54 bits per heavy atom. The molecule has 5 aromatic rings. The first kappa shape index (κ1) is 64.5. The molecule has 0 aromatic heterocycles. The van der Waals surface area contributed by atoms with E-state index in [2.05, 4.69) is 36.0 Å². The van der Waals surface area contributed by atoms with Crippen LogP contribution in [0, 0.1) is 10.1 Å². The summed E-state index contributed by atoms with van der Waals surface area (Å²) < 4.78 is 10.3. The fraction of sp³-hybridized carbons (Fsp3) is 0.370. The van der Waals surface area contributed by atoms with Gasteiger partial charge in [-0.1, -0.05) is 136 Å². The maximum atomic E-state index is 12.6. The molecule has 70 heavy (non-hydrogen) atoms. The lowest BCUT2D eigenvalue weighted by Crippen LogP contribution is -2.27. The summed E-state index contributed by atoms with van der Waals surface area (Å²) in [4.78, 5) is 59.6. The number of nitro benzene ring substituents is 1. The average molecular weight is 963 g/mol. The van der Waals surface area contributed by atoms with Gasteiger partial charge in [-0.15, -0.1) is 0 Å². The Labute approximate surface area is 415 Å². The molecule has 0 aliphatic carbocycles. The molecule has 5 aromatic carbocycles. The normalized spacial score (nSPS) is 11.2. The van der Waals surface area contributed by atoms with Gasteiger partial charge in [0.2, 0.25) is 0 Å². The Morgan fingerprint density at radius 2 is 1.06 bits per heavy atom. The van der Waals surface area contributed by atoms with Crippen LogP contribution in [0.4, 0.5) is 28.4 Å². The van der Waals surface area contributed by atoms with E-state index in [-0.39, 0.29) is 41.7 Å². The van der Waals surface area contributed by atoms with E-state index in [4.69, 9.17) is 9.47 Å². The van der Waals surface area contributed by atoms with Crippen LogP contribution in [0.3, 0.4) is 0 Å². The zero-order chi connectivity index (χ0) is 53.4. The van der Waals surface area contributed by atoms with Crippen LogP contribution in [-0.2, 0) is 32.0 Å². The minimum absolute atomic E-state index is 0.0311. The molecular formula is C54H74N8O8. The van der Waals surface area contributed by atoms with Crippen molar-refractivity contribution in [2.45, 2.75) is 121 Å². The molecule has 1 N–H and O–H groups in total. The zero-order valence-corrected chi connectivity index (χ0v) is 43.7. The van der Waals surface area contributed by atoms with Crippen molar-refractivity contribution in [3.8, 4) is 11.5 Å². The smallest absolute Gasteiger partial charge is 0.273 e. The van der Waals surface area contributed by atoms with Crippen LogP contribution in [0.15, 0.2) is 158 Å². The summed E-state index contributed by atoms with van der Waals surface area (Å²) >= 11 is 0. The second-order valence-electron chi connectivity index (χ2n) is 13.1. The molecule has 16 nitrogen and oxygen atoms in total. The molecule has 0 bridgehead atoms. The lowest BCUT2D eigenvalue weighted by atomic mass is 10.0. The molecule has 0 fully saturated rings. The highest BCUT2D eigenvalue weighted by molar-refractivity contribution is 6.06. The molecule has 5 rings (SSSR count). The quantitative estimate of drug-likeness (QED) is 0.0385. The van der Waals surface area contributed by atoms with Gasteiger partial charge in [-0.2, -0.15) is 30.7 Å². The highest BCUT2D eigenvalue weighted by Gasteiger charge is 2.24. The number of ketones is 3. The number of nitro groups is 1. The van der Waals surface area contributed by atoms with E-state index < -0.39 is 34.6 Å². The maximum absolute atomic E-state index is 12.6. The molecule has 0 saturated carbocycles. The third kappa shape index (κ3) is 24.4. The van der Waals surface area contributed by atoms with Crippen LogP contribution in [0.2, 0.25) is 0 Å². The summed E-state index contributed by atoms with van der Waals surface area (Å²) in [5, 5.41) is 37.8. The first-order valence-corrected chi connectivity index (χ1v) is 23.6. The standard InChI is InChI=1S/C25H25N5O2.C19H19N3O6.5C2H6/c1-18(27-29-22-9-5-3-6-10-22)24(31)17-20-13-15-21(16-14-20)26-25(32)19(2)28-30-23-11-7-4-8-12-23;1-12(23)19(16(24)10-13-6-4-5-7-17(13)27-2)21-20-15-9-8-14(22(25)26)11-18(15)28-3;5*1-2/h3-16,18-19H,17H2,1-2H3,(H,26,32);4-9,11,19H,10H2,1-3H3;5*1-2H3. The molecule has 1 amide bonds. The van der Waals surface area contributed by atoms with Crippen LogP contribution in [-0.4, -0.2) is 60.5 Å². The molecule has 378 valence electrons. The van der Waals surface area contributed by atoms with E-state index in [1.54, 1.807) is 50.2 Å². The van der Waals surface area contributed by atoms with Crippen molar-refractivity contribution in [2.24, 2.45) is 30.7 Å². The Kier molecular flexibility index (Phi) is 36.3. The number of non-ortho nitro benzene ring substituents is 1. The summed E-state index contributed by atoms with van der Waals surface area (Å²) in [6, 6.07) is 34.0. The van der Waals surface area contributed by atoms with Crippen molar-refractivity contribution in [3.63, 3.8) is 0 Å². The van der Waals surface area contributed by atoms with Gasteiger partial charge >= 0.3 is 0 Å². The molecule has 16 heteroatoms. The van der Waals surface area contributed by atoms with Crippen molar-refractivity contribution in [1.82, 2.24) is 0 Å². The lowest BCUT2D eigenvalue weighted by Gasteiger charge is -2.10. The predicted octanol–water partition coefficient (Wildman–Crippen LogP) is 14.7. The highest BCUT2D eigenvalue weighted by atomic mass is 16.6. The molecule has 3 atom stereocenters. The number of amides is 1. The van der Waals surface area contributed by atoms with Crippen molar-refractivity contribution in [2.75, 3.05) is 19.5 Å². The molecule has 0 saturated heterocycles. The number of para-hydroxylation sites is 1. The van der Waals surface area contributed by atoms with E-state index in [0.29, 0.717) is 28.4 Å². The number of carbonyl (C=O) groups is 4. The third-order valence-corrected chi connectivity index (χ3v) is 8.55. The lowest BCUT2D eigenvalue weighted by molar-refractivity contribution is -0.384. The molecule has 0 aliphatic rings. The minimum Gasteiger partial charge on any atom is -0.496 e. The molecular weight excluding hydrogens is 889 g/mol. The first-order chi connectivity index (χ1) is 33.9. The number of rotatable bonds is 18. The number of methoxy groups -OCH3 is 2. The van der Waals surface area contributed by atoms with Crippen LogP contribution < -0.4 is 14.8 Å². The van der Waals surface area contributed by atoms with Gasteiger partial charge in [0.25, 0.3) is 11.6 Å².